The van der Waals surface area contributed by atoms with Crippen LogP contribution in [0, 0.1) is 0 Å². The molecule has 3 nitrogen and oxygen atoms in total. The summed E-state index contributed by atoms with van der Waals surface area (Å²) in [6, 6.07) is 7.46. The van der Waals surface area contributed by atoms with E-state index in [1.807, 2.05) is 0 Å². The number of halogens is 2. The minimum atomic E-state index is 0.0995. The highest BCUT2D eigenvalue weighted by Crippen LogP contribution is 2.39. The van der Waals surface area contributed by atoms with Gasteiger partial charge in [-0.1, -0.05) is 6.07 Å². The molecule has 3 rings (SSSR count). The third kappa shape index (κ3) is 2.90. The molecule has 2 fully saturated rings. The van der Waals surface area contributed by atoms with Gasteiger partial charge < -0.3 is 10.5 Å². The minimum Gasteiger partial charge on any atom is -0.374 e. The molecule has 2 unspecified atom stereocenters. The van der Waals surface area contributed by atoms with E-state index in [-0.39, 0.29) is 12.1 Å². The third-order valence-electron chi connectivity index (χ3n) is 3.92. The van der Waals surface area contributed by atoms with Crippen LogP contribution in [-0.2, 0) is 4.74 Å². The topological polar surface area (TPSA) is 38.5 Å². The van der Waals surface area contributed by atoms with E-state index in [1.54, 1.807) is 0 Å². The number of ether oxygens (including phenoxy) is 1. The largest absolute Gasteiger partial charge is 0.374 e. The maximum absolute atomic E-state index is 5.91. The second kappa shape index (κ2) is 5.82. The van der Waals surface area contributed by atoms with E-state index in [9.17, 15) is 0 Å². The van der Waals surface area contributed by atoms with Gasteiger partial charge in [-0.05, 0) is 62.4 Å². The number of hydrogen-bond donors (Lipinski definition) is 1. The summed E-state index contributed by atoms with van der Waals surface area (Å²) < 4.78 is 8.04. The van der Waals surface area contributed by atoms with Crippen LogP contribution < -0.4 is 5.73 Å². The molecule has 104 valence electrons. The summed E-state index contributed by atoms with van der Waals surface area (Å²) in [7, 11) is 0. The lowest BCUT2D eigenvalue weighted by Gasteiger charge is -2.41. The van der Waals surface area contributed by atoms with E-state index in [2.05, 4.69) is 55.0 Å². The molecule has 0 bridgehead atoms. The Bertz CT molecular complexity index is 465. The maximum atomic E-state index is 5.91. The predicted octanol–water partition coefficient (Wildman–Crippen LogP) is 3.07. The van der Waals surface area contributed by atoms with Crippen molar-refractivity contribution < 1.29 is 4.74 Å². The third-order valence-corrected chi connectivity index (χ3v) is 5.80. The summed E-state index contributed by atoms with van der Waals surface area (Å²) >= 11 is 7.12. The lowest BCUT2D eigenvalue weighted by molar-refractivity contribution is -0.0712. The van der Waals surface area contributed by atoms with Crippen LogP contribution >= 0.6 is 31.9 Å². The highest BCUT2D eigenvalue weighted by molar-refractivity contribution is 9.13. The Hall–Kier alpha value is 0.0600. The molecule has 1 aromatic rings. The van der Waals surface area contributed by atoms with Crippen molar-refractivity contribution in [1.29, 1.82) is 0 Å². The van der Waals surface area contributed by atoms with Crippen LogP contribution in [0.5, 0.6) is 0 Å². The van der Waals surface area contributed by atoms with E-state index in [1.165, 1.54) is 18.4 Å². The molecule has 1 saturated carbocycles. The van der Waals surface area contributed by atoms with Crippen molar-refractivity contribution in [3.05, 3.63) is 32.7 Å². The molecule has 1 saturated heterocycles. The van der Waals surface area contributed by atoms with Gasteiger partial charge in [0.15, 0.2) is 0 Å². The summed E-state index contributed by atoms with van der Waals surface area (Å²) in [4.78, 5) is 2.58. The molecule has 1 aliphatic heterocycles. The summed E-state index contributed by atoms with van der Waals surface area (Å²) in [5, 5.41) is 0. The first-order valence-electron chi connectivity index (χ1n) is 6.73. The quantitative estimate of drug-likeness (QED) is 0.863. The summed E-state index contributed by atoms with van der Waals surface area (Å²) in [5.74, 6) is 0. The number of hydrogen-bond acceptors (Lipinski definition) is 3. The van der Waals surface area contributed by atoms with Crippen LogP contribution in [-0.4, -0.2) is 36.7 Å². The highest BCUT2D eigenvalue weighted by Gasteiger charge is 2.40. The van der Waals surface area contributed by atoms with Gasteiger partial charge in [-0.25, -0.2) is 0 Å². The SMILES string of the molecule is NCC1OCCN(C2CC2)C1c1ccc(Br)c(Br)c1. The van der Waals surface area contributed by atoms with Gasteiger partial charge in [0.2, 0.25) is 0 Å². The van der Waals surface area contributed by atoms with Gasteiger partial charge in [0.05, 0.1) is 18.8 Å². The minimum absolute atomic E-state index is 0.0995. The molecule has 0 amide bonds. The maximum Gasteiger partial charge on any atom is 0.0894 e. The Morgan fingerprint density at radius 2 is 2.05 bits per heavy atom. The number of benzene rings is 1. The molecule has 0 radical (unpaired) electrons. The lowest BCUT2D eigenvalue weighted by atomic mass is 9.98. The average Bonchev–Trinajstić information content (AvgIpc) is 3.25. The van der Waals surface area contributed by atoms with Crippen molar-refractivity contribution in [3.8, 4) is 0 Å². The van der Waals surface area contributed by atoms with Crippen LogP contribution in [0.3, 0.4) is 0 Å². The lowest BCUT2D eigenvalue weighted by Crippen LogP contribution is -2.49. The molecule has 2 aliphatic rings. The molecule has 2 atom stereocenters. The van der Waals surface area contributed by atoms with E-state index in [0.717, 1.165) is 28.1 Å². The van der Waals surface area contributed by atoms with Crippen LogP contribution in [0.15, 0.2) is 27.1 Å². The van der Waals surface area contributed by atoms with Crippen molar-refractivity contribution in [3.63, 3.8) is 0 Å². The van der Waals surface area contributed by atoms with Gasteiger partial charge >= 0.3 is 0 Å². The van der Waals surface area contributed by atoms with Gasteiger partial charge in [-0.15, -0.1) is 0 Å². The molecular formula is C14H18Br2N2O. The number of morpholine rings is 1. The number of nitrogens with zero attached hydrogens (tertiary/aromatic N) is 1. The molecule has 1 aromatic carbocycles. The molecule has 2 N–H and O–H groups in total. The Morgan fingerprint density at radius 1 is 1.26 bits per heavy atom. The van der Waals surface area contributed by atoms with Crippen molar-refractivity contribution >= 4 is 31.9 Å². The second-order valence-electron chi connectivity index (χ2n) is 5.23. The second-order valence-corrected chi connectivity index (χ2v) is 6.94. The van der Waals surface area contributed by atoms with Crippen LogP contribution in [0.2, 0.25) is 0 Å². The van der Waals surface area contributed by atoms with E-state index >= 15 is 0 Å². The average molecular weight is 390 g/mol. The smallest absolute Gasteiger partial charge is 0.0894 e. The fraction of sp³-hybridized carbons (Fsp3) is 0.571. The first-order chi connectivity index (χ1) is 9.20. The van der Waals surface area contributed by atoms with Crippen LogP contribution in [0.4, 0.5) is 0 Å². The van der Waals surface area contributed by atoms with Gasteiger partial charge in [-0.2, -0.15) is 0 Å². The Kier molecular flexibility index (Phi) is 4.29. The van der Waals surface area contributed by atoms with Crippen molar-refractivity contribution in [2.45, 2.75) is 31.0 Å². The highest BCUT2D eigenvalue weighted by atomic mass is 79.9. The molecule has 0 spiro atoms. The van der Waals surface area contributed by atoms with Crippen molar-refractivity contribution in [1.82, 2.24) is 4.90 Å². The Balaban J connectivity index is 1.93. The molecular weight excluding hydrogens is 372 g/mol. The fourth-order valence-corrected chi connectivity index (χ4v) is 3.51. The van der Waals surface area contributed by atoms with Gasteiger partial charge in [0, 0.05) is 28.1 Å². The normalized spacial score (nSPS) is 28.6. The van der Waals surface area contributed by atoms with Gasteiger partial charge in [0.1, 0.15) is 0 Å². The zero-order valence-corrected chi connectivity index (χ0v) is 13.9. The molecule has 0 aromatic heterocycles. The summed E-state index contributed by atoms with van der Waals surface area (Å²) in [6.07, 6.45) is 2.72. The van der Waals surface area contributed by atoms with Crippen molar-refractivity contribution in [2.75, 3.05) is 19.7 Å². The fourth-order valence-electron chi connectivity index (χ4n) is 2.87. The summed E-state index contributed by atoms with van der Waals surface area (Å²) in [5.41, 5.74) is 7.20. The van der Waals surface area contributed by atoms with E-state index in [0.29, 0.717) is 6.54 Å². The summed E-state index contributed by atoms with van der Waals surface area (Å²) in [6.45, 7) is 2.38. The van der Waals surface area contributed by atoms with Crippen LogP contribution in [0.25, 0.3) is 0 Å². The van der Waals surface area contributed by atoms with Crippen molar-refractivity contribution in [2.24, 2.45) is 5.73 Å². The monoisotopic (exact) mass is 388 g/mol. The first kappa shape index (κ1) is 14.0. The standard InChI is InChI=1S/C14H18Br2N2O/c15-11-4-1-9(7-12(11)16)14-13(8-17)19-6-5-18(14)10-2-3-10/h1,4,7,10,13-14H,2-3,5-6,8,17H2. The molecule has 1 heterocycles. The molecule has 5 heteroatoms. The molecule has 19 heavy (non-hydrogen) atoms. The number of nitrogens with two attached hydrogens (primary N) is 1. The number of rotatable bonds is 3. The predicted molar refractivity (Wildman–Crippen MR) is 83.1 cm³/mol. The zero-order chi connectivity index (χ0) is 13.4. The van der Waals surface area contributed by atoms with Gasteiger partial charge in [-0.3, -0.25) is 4.90 Å². The van der Waals surface area contributed by atoms with Crippen LogP contribution in [0.1, 0.15) is 24.4 Å². The first-order valence-corrected chi connectivity index (χ1v) is 8.31. The van der Waals surface area contributed by atoms with E-state index in [4.69, 9.17) is 10.5 Å². The Morgan fingerprint density at radius 3 is 2.68 bits per heavy atom. The van der Waals surface area contributed by atoms with E-state index < -0.39 is 0 Å². The molecule has 1 aliphatic carbocycles. The van der Waals surface area contributed by atoms with Gasteiger partial charge in [0.25, 0.3) is 0 Å². The zero-order valence-electron chi connectivity index (χ0n) is 10.7. The Labute approximate surface area is 130 Å².